The zero-order valence-corrected chi connectivity index (χ0v) is 7.92. The van der Waals surface area contributed by atoms with E-state index in [0.29, 0.717) is 17.9 Å². The normalized spacial score (nSPS) is 32.9. The summed E-state index contributed by atoms with van der Waals surface area (Å²) in [5.74, 6) is 2.38. The van der Waals surface area contributed by atoms with Crippen LogP contribution in [0.4, 0.5) is 0 Å². The Hall–Kier alpha value is -0.460. The summed E-state index contributed by atoms with van der Waals surface area (Å²) in [6.45, 7) is 8.74. The Morgan fingerprint density at radius 1 is 1.64 bits per heavy atom. The fourth-order valence-electron chi connectivity index (χ4n) is 1.69. The molecular formula is C10H18O. The fraction of sp³-hybridized carbons (Fsp3) is 0.800. The molecule has 0 N–H and O–H groups in total. The van der Waals surface area contributed by atoms with E-state index in [9.17, 15) is 0 Å². The summed E-state index contributed by atoms with van der Waals surface area (Å²) in [5.41, 5.74) is 0. The van der Waals surface area contributed by atoms with Gasteiger partial charge >= 0.3 is 0 Å². The van der Waals surface area contributed by atoms with Crippen molar-refractivity contribution in [2.75, 3.05) is 0 Å². The molecule has 1 heteroatoms. The Morgan fingerprint density at radius 2 is 2.27 bits per heavy atom. The van der Waals surface area contributed by atoms with Gasteiger partial charge in [-0.05, 0) is 18.9 Å². The topological polar surface area (TPSA) is 9.23 Å². The molecule has 64 valence electrons. The molecule has 1 nitrogen and oxygen atoms in total. The average molecular weight is 154 g/mol. The van der Waals surface area contributed by atoms with Crippen molar-refractivity contribution in [2.45, 2.75) is 40.2 Å². The molecular weight excluding hydrogens is 136 g/mol. The summed E-state index contributed by atoms with van der Waals surface area (Å²) in [6.07, 6.45) is 3.85. The van der Waals surface area contributed by atoms with Crippen LogP contribution in [0.1, 0.15) is 34.1 Å². The highest BCUT2D eigenvalue weighted by Crippen LogP contribution is 2.29. The molecule has 0 fully saturated rings. The van der Waals surface area contributed by atoms with E-state index in [1.165, 1.54) is 6.42 Å². The van der Waals surface area contributed by atoms with Crippen LogP contribution >= 0.6 is 0 Å². The van der Waals surface area contributed by atoms with Gasteiger partial charge in [0.1, 0.15) is 6.10 Å². The van der Waals surface area contributed by atoms with E-state index in [2.05, 4.69) is 26.8 Å². The van der Waals surface area contributed by atoms with E-state index in [1.807, 2.05) is 6.92 Å². The Labute approximate surface area is 69.4 Å². The predicted octanol–water partition coefficient (Wildman–Crippen LogP) is 2.97. The lowest BCUT2D eigenvalue weighted by molar-refractivity contribution is 0.0691. The van der Waals surface area contributed by atoms with Crippen LogP contribution in [0.25, 0.3) is 0 Å². The lowest BCUT2D eigenvalue weighted by atomic mass is 9.93. The van der Waals surface area contributed by atoms with Crippen molar-refractivity contribution in [2.24, 2.45) is 11.8 Å². The average Bonchev–Trinajstić information content (AvgIpc) is 2.28. The van der Waals surface area contributed by atoms with Crippen LogP contribution < -0.4 is 0 Å². The molecule has 0 spiro atoms. The molecule has 0 radical (unpaired) electrons. The van der Waals surface area contributed by atoms with Gasteiger partial charge in [0.05, 0.1) is 5.76 Å². The highest BCUT2D eigenvalue weighted by atomic mass is 16.5. The van der Waals surface area contributed by atoms with Crippen LogP contribution in [0.2, 0.25) is 0 Å². The first kappa shape index (κ1) is 8.63. The van der Waals surface area contributed by atoms with E-state index < -0.39 is 0 Å². The number of rotatable bonds is 2. The summed E-state index contributed by atoms with van der Waals surface area (Å²) in [5, 5.41) is 0. The molecule has 1 aliphatic heterocycles. The Bertz CT molecular complexity index is 160. The van der Waals surface area contributed by atoms with E-state index in [1.54, 1.807) is 0 Å². The molecule has 0 amide bonds. The van der Waals surface area contributed by atoms with Crippen molar-refractivity contribution >= 4 is 0 Å². The molecule has 1 rings (SSSR count). The van der Waals surface area contributed by atoms with Crippen molar-refractivity contribution in [3.05, 3.63) is 11.8 Å². The Morgan fingerprint density at radius 3 is 2.64 bits per heavy atom. The molecule has 0 saturated carbocycles. The van der Waals surface area contributed by atoms with Crippen LogP contribution in [0.15, 0.2) is 11.8 Å². The second-order valence-corrected chi connectivity index (χ2v) is 3.60. The summed E-state index contributed by atoms with van der Waals surface area (Å²) < 4.78 is 5.69. The summed E-state index contributed by atoms with van der Waals surface area (Å²) in [4.78, 5) is 0. The highest BCUT2D eigenvalue weighted by Gasteiger charge is 2.27. The zero-order valence-electron chi connectivity index (χ0n) is 7.92. The minimum Gasteiger partial charge on any atom is -0.495 e. The smallest absolute Gasteiger partial charge is 0.107 e. The molecule has 0 aromatic rings. The van der Waals surface area contributed by atoms with E-state index in [-0.39, 0.29) is 0 Å². The molecule has 0 aromatic carbocycles. The lowest BCUT2D eigenvalue weighted by Crippen LogP contribution is -2.22. The van der Waals surface area contributed by atoms with Gasteiger partial charge in [-0.15, -0.1) is 0 Å². The van der Waals surface area contributed by atoms with Crippen molar-refractivity contribution < 1.29 is 4.74 Å². The predicted molar refractivity (Wildman–Crippen MR) is 47.2 cm³/mol. The first-order valence-electron chi connectivity index (χ1n) is 4.50. The number of allylic oxidation sites excluding steroid dienone is 1. The molecule has 1 heterocycles. The van der Waals surface area contributed by atoms with Gasteiger partial charge in [-0.2, -0.15) is 0 Å². The van der Waals surface area contributed by atoms with Crippen molar-refractivity contribution in [3.63, 3.8) is 0 Å². The van der Waals surface area contributed by atoms with Crippen LogP contribution in [0.5, 0.6) is 0 Å². The molecule has 0 aromatic heterocycles. The minimum atomic E-state index is 0.431. The van der Waals surface area contributed by atoms with E-state index in [0.717, 1.165) is 5.76 Å². The largest absolute Gasteiger partial charge is 0.495 e. The van der Waals surface area contributed by atoms with Crippen LogP contribution in [-0.2, 0) is 4.74 Å². The SMILES string of the molecule is CCC(C)C1OC(C)=CC1C. The number of ether oxygens (including phenoxy) is 1. The monoisotopic (exact) mass is 154 g/mol. The standard InChI is InChI=1S/C10H18O/c1-5-7(2)10-8(3)6-9(4)11-10/h6-8,10H,5H2,1-4H3. The van der Waals surface area contributed by atoms with Gasteiger partial charge in [0, 0.05) is 5.92 Å². The zero-order chi connectivity index (χ0) is 8.43. The summed E-state index contributed by atoms with van der Waals surface area (Å²) in [6, 6.07) is 0. The molecule has 0 saturated heterocycles. The maximum Gasteiger partial charge on any atom is 0.107 e. The third-order valence-electron chi connectivity index (χ3n) is 2.54. The van der Waals surface area contributed by atoms with Gasteiger partial charge in [-0.3, -0.25) is 0 Å². The second kappa shape index (κ2) is 3.29. The second-order valence-electron chi connectivity index (χ2n) is 3.60. The van der Waals surface area contributed by atoms with Crippen molar-refractivity contribution in [1.82, 2.24) is 0 Å². The van der Waals surface area contributed by atoms with Crippen LogP contribution in [0, 0.1) is 11.8 Å². The van der Waals surface area contributed by atoms with Crippen molar-refractivity contribution in [3.8, 4) is 0 Å². The van der Waals surface area contributed by atoms with Crippen LogP contribution in [-0.4, -0.2) is 6.10 Å². The quantitative estimate of drug-likeness (QED) is 0.594. The summed E-state index contributed by atoms with van der Waals surface area (Å²) in [7, 11) is 0. The van der Waals surface area contributed by atoms with Gasteiger partial charge in [-0.1, -0.05) is 27.2 Å². The minimum absolute atomic E-state index is 0.431. The Kier molecular flexibility index (Phi) is 2.58. The molecule has 1 aliphatic rings. The number of hydrogen-bond donors (Lipinski definition) is 0. The number of hydrogen-bond acceptors (Lipinski definition) is 1. The fourth-order valence-corrected chi connectivity index (χ4v) is 1.69. The van der Waals surface area contributed by atoms with E-state index in [4.69, 9.17) is 4.74 Å². The maximum absolute atomic E-state index is 5.69. The molecule has 0 aliphatic carbocycles. The first-order valence-corrected chi connectivity index (χ1v) is 4.50. The molecule has 0 bridgehead atoms. The van der Waals surface area contributed by atoms with Gasteiger partial charge in [0.25, 0.3) is 0 Å². The first-order chi connectivity index (χ1) is 5.15. The third kappa shape index (κ3) is 1.76. The maximum atomic E-state index is 5.69. The van der Waals surface area contributed by atoms with Crippen LogP contribution in [0.3, 0.4) is 0 Å². The van der Waals surface area contributed by atoms with E-state index >= 15 is 0 Å². The van der Waals surface area contributed by atoms with Crippen molar-refractivity contribution in [1.29, 1.82) is 0 Å². The molecule has 11 heavy (non-hydrogen) atoms. The third-order valence-corrected chi connectivity index (χ3v) is 2.54. The Balaban J connectivity index is 2.52. The molecule has 3 unspecified atom stereocenters. The van der Waals surface area contributed by atoms with Gasteiger partial charge in [-0.25, -0.2) is 0 Å². The highest BCUT2D eigenvalue weighted by molar-refractivity contribution is 5.03. The van der Waals surface area contributed by atoms with Gasteiger partial charge < -0.3 is 4.74 Å². The lowest BCUT2D eigenvalue weighted by Gasteiger charge is -2.22. The summed E-state index contributed by atoms with van der Waals surface area (Å²) >= 11 is 0. The van der Waals surface area contributed by atoms with Gasteiger partial charge in [0.15, 0.2) is 0 Å². The molecule has 3 atom stereocenters. The van der Waals surface area contributed by atoms with Gasteiger partial charge in [0.2, 0.25) is 0 Å².